The predicted octanol–water partition coefficient (Wildman–Crippen LogP) is 1.67. The van der Waals surface area contributed by atoms with Gasteiger partial charge in [-0.1, -0.05) is 6.42 Å². The molecule has 0 radical (unpaired) electrons. The summed E-state index contributed by atoms with van der Waals surface area (Å²) >= 11 is 0. The molecule has 1 aliphatic rings. The molecule has 0 aliphatic heterocycles. The zero-order valence-electron chi connectivity index (χ0n) is 14.3. The SMILES string of the molecule is COc1cccn2ncc(C(=O)NCc3nnc(C4CCC4)n3C)c12. The summed E-state index contributed by atoms with van der Waals surface area (Å²) in [5.74, 6) is 2.65. The van der Waals surface area contributed by atoms with Crippen molar-refractivity contribution in [3.05, 3.63) is 41.7 Å². The summed E-state index contributed by atoms with van der Waals surface area (Å²) in [5.41, 5.74) is 1.12. The largest absolute Gasteiger partial charge is 0.494 e. The van der Waals surface area contributed by atoms with Crippen LogP contribution < -0.4 is 10.1 Å². The maximum atomic E-state index is 12.6. The molecule has 3 heterocycles. The minimum absolute atomic E-state index is 0.215. The Labute approximate surface area is 144 Å². The maximum Gasteiger partial charge on any atom is 0.255 e. The second-order valence-corrected chi connectivity index (χ2v) is 6.27. The van der Waals surface area contributed by atoms with Crippen LogP contribution in [0.15, 0.2) is 24.5 Å². The number of pyridine rings is 1. The summed E-state index contributed by atoms with van der Waals surface area (Å²) in [6.07, 6.45) is 6.91. The van der Waals surface area contributed by atoms with E-state index in [0.717, 1.165) is 11.6 Å². The number of amides is 1. The van der Waals surface area contributed by atoms with Crippen molar-refractivity contribution in [1.82, 2.24) is 29.7 Å². The molecule has 1 saturated carbocycles. The van der Waals surface area contributed by atoms with Crippen molar-refractivity contribution >= 4 is 11.4 Å². The zero-order valence-corrected chi connectivity index (χ0v) is 14.3. The van der Waals surface area contributed by atoms with Crippen LogP contribution in [0.1, 0.15) is 47.2 Å². The number of carbonyl (C=O) groups is 1. The number of hydrogen-bond acceptors (Lipinski definition) is 5. The molecule has 1 aliphatic carbocycles. The summed E-state index contributed by atoms with van der Waals surface area (Å²) in [4.78, 5) is 12.6. The molecule has 0 spiro atoms. The van der Waals surface area contributed by atoms with Gasteiger partial charge in [-0.25, -0.2) is 4.52 Å². The van der Waals surface area contributed by atoms with Crippen LogP contribution in [0.4, 0.5) is 0 Å². The molecule has 1 amide bonds. The van der Waals surface area contributed by atoms with Crippen LogP contribution in [0, 0.1) is 0 Å². The van der Waals surface area contributed by atoms with Gasteiger partial charge in [0.25, 0.3) is 5.91 Å². The number of nitrogens with one attached hydrogen (secondary N) is 1. The molecule has 0 bridgehead atoms. The van der Waals surface area contributed by atoms with Crippen molar-refractivity contribution < 1.29 is 9.53 Å². The summed E-state index contributed by atoms with van der Waals surface area (Å²) in [6, 6.07) is 3.63. The number of hydrogen-bond donors (Lipinski definition) is 1. The average molecular weight is 340 g/mol. The predicted molar refractivity (Wildman–Crippen MR) is 90.5 cm³/mol. The number of rotatable bonds is 5. The van der Waals surface area contributed by atoms with Gasteiger partial charge in [0, 0.05) is 19.2 Å². The van der Waals surface area contributed by atoms with Crippen LogP contribution in [-0.2, 0) is 13.6 Å². The highest BCUT2D eigenvalue weighted by Crippen LogP contribution is 2.35. The van der Waals surface area contributed by atoms with E-state index in [1.807, 2.05) is 17.7 Å². The molecular formula is C17H20N6O2. The molecule has 0 saturated heterocycles. The second kappa shape index (κ2) is 6.19. The fourth-order valence-corrected chi connectivity index (χ4v) is 3.15. The number of carbonyl (C=O) groups excluding carboxylic acids is 1. The van der Waals surface area contributed by atoms with Crippen LogP contribution in [0.3, 0.4) is 0 Å². The molecule has 0 atom stereocenters. The molecule has 1 N–H and O–H groups in total. The second-order valence-electron chi connectivity index (χ2n) is 6.27. The van der Waals surface area contributed by atoms with Gasteiger partial charge >= 0.3 is 0 Å². The molecule has 130 valence electrons. The van der Waals surface area contributed by atoms with E-state index in [9.17, 15) is 4.79 Å². The highest BCUT2D eigenvalue weighted by Gasteiger charge is 2.25. The lowest BCUT2D eigenvalue weighted by Gasteiger charge is -2.24. The van der Waals surface area contributed by atoms with Crippen LogP contribution in [0.25, 0.3) is 5.52 Å². The first-order chi connectivity index (χ1) is 12.2. The highest BCUT2D eigenvalue weighted by atomic mass is 16.5. The van der Waals surface area contributed by atoms with Gasteiger partial charge in [-0.2, -0.15) is 5.10 Å². The number of nitrogens with zero attached hydrogens (tertiary/aromatic N) is 5. The monoisotopic (exact) mass is 340 g/mol. The quantitative estimate of drug-likeness (QED) is 0.763. The van der Waals surface area contributed by atoms with E-state index in [0.29, 0.717) is 29.3 Å². The van der Waals surface area contributed by atoms with E-state index in [4.69, 9.17) is 4.74 Å². The van der Waals surface area contributed by atoms with E-state index in [2.05, 4.69) is 20.6 Å². The lowest BCUT2D eigenvalue weighted by atomic mass is 9.85. The third-order valence-corrected chi connectivity index (χ3v) is 4.84. The molecule has 1 fully saturated rings. The van der Waals surface area contributed by atoms with E-state index >= 15 is 0 Å². The van der Waals surface area contributed by atoms with Crippen molar-refractivity contribution in [2.24, 2.45) is 7.05 Å². The summed E-state index contributed by atoms with van der Waals surface area (Å²) in [6.45, 7) is 0.321. The smallest absolute Gasteiger partial charge is 0.255 e. The Morgan fingerprint density at radius 3 is 2.96 bits per heavy atom. The fraction of sp³-hybridized carbons (Fsp3) is 0.412. The summed E-state index contributed by atoms with van der Waals surface area (Å²) < 4.78 is 8.96. The normalized spacial score (nSPS) is 14.5. The van der Waals surface area contributed by atoms with Crippen molar-refractivity contribution in [2.75, 3.05) is 7.11 Å². The molecule has 25 heavy (non-hydrogen) atoms. The van der Waals surface area contributed by atoms with Crippen LogP contribution in [0.5, 0.6) is 5.75 Å². The fourth-order valence-electron chi connectivity index (χ4n) is 3.15. The number of ether oxygens (including phenoxy) is 1. The summed E-state index contributed by atoms with van der Waals surface area (Å²) in [7, 11) is 3.53. The first-order valence-corrected chi connectivity index (χ1v) is 8.35. The van der Waals surface area contributed by atoms with Gasteiger partial charge in [0.05, 0.1) is 25.4 Å². The van der Waals surface area contributed by atoms with Crippen LogP contribution in [0.2, 0.25) is 0 Å². The number of aromatic nitrogens is 5. The van der Waals surface area contributed by atoms with Gasteiger partial charge in [-0.3, -0.25) is 4.79 Å². The Hall–Kier alpha value is -2.90. The van der Waals surface area contributed by atoms with E-state index < -0.39 is 0 Å². The van der Waals surface area contributed by atoms with Gasteiger partial charge in [-0.15, -0.1) is 10.2 Å². The zero-order chi connectivity index (χ0) is 17.4. The standard InChI is InChI=1S/C17H20N6O2/c1-22-14(20-21-16(22)11-5-3-6-11)10-18-17(24)12-9-19-23-8-4-7-13(25-2)15(12)23/h4,7-9,11H,3,5-6,10H2,1-2H3,(H,18,24). The Morgan fingerprint density at radius 2 is 2.24 bits per heavy atom. The van der Waals surface area contributed by atoms with Crippen LogP contribution >= 0.6 is 0 Å². The maximum absolute atomic E-state index is 12.6. The molecule has 4 rings (SSSR count). The van der Waals surface area contributed by atoms with Gasteiger partial charge in [-0.05, 0) is 25.0 Å². The third kappa shape index (κ3) is 2.63. The van der Waals surface area contributed by atoms with E-state index in [1.165, 1.54) is 19.3 Å². The van der Waals surface area contributed by atoms with Gasteiger partial charge in [0.2, 0.25) is 0 Å². The van der Waals surface area contributed by atoms with Crippen molar-refractivity contribution in [2.45, 2.75) is 31.7 Å². The van der Waals surface area contributed by atoms with Gasteiger partial charge in [0.15, 0.2) is 5.82 Å². The Balaban J connectivity index is 1.52. The highest BCUT2D eigenvalue weighted by molar-refractivity contribution is 6.02. The first kappa shape index (κ1) is 15.6. The van der Waals surface area contributed by atoms with Crippen molar-refractivity contribution in [1.29, 1.82) is 0 Å². The number of methoxy groups -OCH3 is 1. The molecular weight excluding hydrogens is 320 g/mol. The molecule has 0 unspecified atom stereocenters. The third-order valence-electron chi connectivity index (χ3n) is 4.84. The Morgan fingerprint density at radius 1 is 1.40 bits per heavy atom. The average Bonchev–Trinajstić information content (AvgIpc) is 3.16. The van der Waals surface area contributed by atoms with E-state index in [1.54, 1.807) is 30.1 Å². The van der Waals surface area contributed by atoms with Gasteiger partial charge < -0.3 is 14.6 Å². The molecule has 8 nitrogen and oxygen atoms in total. The molecule has 8 heteroatoms. The van der Waals surface area contributed by atoms with Crippen molar-refractivity contribution in [3.63, 3.8) is 0 Å². The molecule has 3 aromatic rings. The first-order valence-electron chi connectivity index (χ1n) is 8.35. The van der Waals surface area contributed by atoms with E-state index in [-0.39, 0.29) is 5.91 Å². The summed E-state index contributed by atoms with van der Waals surface area (Å²) in [5, 5.41) is 15.6. The van der Waals surface area contributed by atoms with Crippen molar-refractivity contribution in [3.8, 4) is 5.75 Å². The molecule has 0 aromatic carbocycles. The Bertz CT molecular complexity index is 925. The lowest BCUT2D eigenvalue weighted by Crippen LogP contribution is -2.25. The number of fused-ring (bicyclic) bond motifs is 1. The minimum atomic E-state index is -0.215. The minimum Gasteiger partial charge on any atom is -0.494 e. The lowest BCUT2D eigenvalue weighted by molar-refractivity contribution is 0.0951. The Kier molecular flexibility index (Phi) is 3.87. The molecule has 3 aromatic heterocycles. The topological polar surface area (TPSA) is 86.3 Å². The van der Waals surface area contributed by atoms with Gasteiger partial charge in [0.1, 0.15) is 17.1 Å². The van der Waals surface area contributed by atoms with Crippen LogP contribution in [-0.4, -0.2) is 37.4 Å².